The van der Waals surface area contributed by atoms with E-state index in [-0.39, 0.29) is 0 Å². The Balaban J connectivity index is 4.98. The number of quaternary nitrogens is 1. The van der Waals surface area contributed by atoms with Crippen molar-refractivity contribution in [2.45, 2.75) is 105 Å². The molecule has 0 aromatic rings. The molecule has 0 bridgehead atoms. The molecule has 0 saturated carbocycles. The number of nitrogens with zero attached hydrogens (tertiary/aromatic N) is 1. The largest absolute Gasteiger partial charge is 0.550 e. The van der Waals surface area contributed by atoms with Crippen molar-refractivity contribution < 1.29 is 34.2 Å². The van der Waals surface area contributed by atoms with E-state index in [1.54, 1.807) is 20.8 Å². The molecule has 3 atom stereocenters. The Kier molecular flexibility index (Phi) is 18.3. The zero-order chi connectivity index (χ0) is 26.7. The van der Waals surface area contributed by atoms with Crippen LogP contribution in [0.4, 0.5) is 0 Å². The summed E-state index contributed by atoms with van der Waals surface area (Å²) in [6.07, 6.45) is 16.3. The number of hydrogen-bond donors (Lipinski definition) is 2. The molecule has 0 spiro atoms. The van der Waals surface area contributed by atoms with Gasteiger partial charge in [-0.25, -0.2) is 0 Å². The Morgan fingerprint density at radius 2 is 1.09 bits per heavy atom. The zero-order valence-electron chi connectivity index (χ0n) is 22.7. The van der Waals surface area contributed by atoms with Gasteiger partial charge in [0.05, 0.1) is 38.0 Å². The Morgan fingerprint density at radius 1 is 0.686 bits per heavy atom. The van der Waals surface area contributed by atoms with Crippen molar-refractivity contribution in [1.82, 2.24) is 0 Å². The summed E-state index contributed by atoms with van der Waals surface area (Å²) in [4.78, 5) is 34.1. The fraction of sp³-hybridized carbons (Fsp3) is 0.821. The van der Waals surface area contributed by atoms with Crippen molar-refractivity contribution in [2.75, 3.05) is 26.2 Å². The van der Waals surface area contributed by atoms with Crippen molar-refractivity contribution >= 4 is 17.9 Å². The Labute approximate surface area is 213 Å². The molecule has 0 aliphatic heterocycles. The van der Waals surface area contributed by atoms with Crippen LogP contribution in [0.25, 0.3) is 0 Å². The quantitative estimate of drug-likeness (QED) is 0.118. The fourth-order valence-electron chi connectivity index (χ4n) is 4.37. The lowest BCUT2D eigenvalue weighted by atomic mass is 10.0. The van der Waals surface area contributed by atoms with Crippen LogP contribution in [0.1, 0.15) is 105 Å². The maximum absolute atomic E-state index is 11.4. The van der Waals surface area contributed by atoms with E-state index in [2.05, 4.69) is 19.1 Å². The second-order valence-electron chi connectivity index (χ2n) is 10.5. The highest BCUT2D eigenvalue weighted by Gasteiger charge is 2.30. The SMILES string of the molecule is C/C=C/CCCCCCCCCC[N+](CCC(C)C(=O)[O-])(CCC(C)C(=O)O)CCC(C)C(=O)O. The first-order valence-electron chi connectivity index (χ1n) is 13.7. The van der Waals surface area contributed by atoms with Gasteiger partial charge < -0.3 is 24.6 Å². The summed E-state index contributed by atoms with van der Waals surface area (Å²) < 4.78 is 0.581. The number of allylic oxidation sites excluding steroid dienone is 2. The van der Waals surface area contributed by atoms with Crippen LogP contribution in [0.15, 0.2) is 12.2 Å². The third-order valence-electron chi connectivity index (χ3n) is 7.34. The van der Waals surface area contributed by atoms with Gasteiger partial charge in [0.15, 0.2) is 0 Å². The summed E-state index contributed by atoms with van der Waals surface area (Å²) in [6.45, 7) is 9.73. The minimum absolute atomic E-state index is 0.443. The second-order valence-corrected chi connectivity index (χ2v) is 10.5. The number of hydrogen-bond acceptors (Lipinski definition) is 4. The molecule has 0 radical (unpaired) electrons. The molecule has 0 rings (SSSR count). The number of unbranched alkanes of at least 4 members (excludes halogenated alkanes) is 8. The molecular weight excluding hydrogens is 446 g/mol. The van der Waals surface area contributed by atoms with Gasteiger partial charge in [-0.2, -0.15) is 0 Å². The van der Waals surface area contributed by atoms with Gasteiger partial charge >= 0.3 is 11.9 Å². The van der Waals surface area contributed by atoms with E-state index in [0.717, 1.165) is 32.2 Å². The van der Waals surface area contributed by atoms with Crippen LogP contribution in [0.5, 0.6) is 0 Å². The van der Waals surface area contributed by atoms with Gasteiger partial charge in [0.2, 0.25) is 0 Å². The van der Waals surface area contributed by atoms with Gasteiger partial charge in [0.25, 0.3) is 0 Å². The van der Waals surface area contributed by atoms with E-state index in [1.807, 2.05) is 0 Å². The highest BCUT2D eigenvalue weighted by atomic mass is 16.4. The number of aliphatic carboxylic acids is 3. The van der Waals surface area contributed by atoms with Gasteiger partial charge in [-0.05, 0) is 32.6 Å². The summed E-state index contributed by atoms with van der Waals surface area (Å²) in [5.41, 5.74) is 0. The lowest BCUT2D eigenvalue weighted by molar-refractivity contribution is -0.929. The number of rotatable bonds is 23. The first-order chi connectivity index (χ1) is 16.5. The van der Waals surface area contributed by atoms with E-state index in [1.165, 1.54) is 32.1 Å². The third-order valence-corrected chi connectivity index (χ3v) is 7.34. The van der Waals surface area contributed by atoms with Crippen LogP contribution in [0.3, 0.4) is 0 Å². The number of carbonyl (C=O) groups excluding carboxylic acids is 1. The van der Waals surface area contributed by atoms with Crippen LogP contribution >= 0.6 is 0 Å². The van der Waals surface area contributed by atoms with E-state index in [0.29, 0.717) is 43.4 Å². The minimum Gasteiger partial charge on any atom is -0.550 e. The molecule has 0 heterocycles. The highest BCUT2D eigenvalue weighted by molar-refractivity contribution is 5.69. The molecule has 0 amide bonds. The smallest absolute Gasteiger partial charge is 0.306 e. The molecule has 3 unspecified atom stereocenters. The number of carboxylic acid groups (broad SMARTS) is 3. The van der Waals surface area contributed by atoms with Crippen LogP contribution in [-0.2, 0) is 14.4 Å². The summed E-state index contributed by atoms with van der Waals surface area (Å²) >= 11 is 0. The van der Waals surface area contributed by atoms with E-state index < -0.39 is 35.7 Å². The summed E-state index contributed by atoms with van der Waals surface area (Å²) in [5.74, 6) is -4.32. The molecule has 35 heavy (non-hydrogen) atoms. The predicted molar refractivity (Wildman–Crippen MR) is 138 cm³/mol. The van der Waals surface area contributed by atoms with E-state index >= 15 is 0 Å². The second kappa shape index (κ2) is 19.3. The first-order valence-corrected chi connectivity index (χ1v) is 13.7. The summed E-state index contributed by atoms with van der Waals surface area (Å²) in [7, 11) is 0. The van der Waals surface area contributed by atoms with E-state index in [4.69, 9.17) is 0 Å². The van der Waals surface area contributed by atoms with Crippen molar-refractivity contribution in [3.8, 4) is 0 Å². The molecule has 0 saturated heterocycles. The van der Waals surface area contributed by atoms with Crippen molar-refractivity contribution in [2.24, 2.45) is 17.8 Å². The number of carboxylic acids is 3. The van der Waals surface area contributed by atoms with Crippen LogP contribution < -0.4 is 5.11 Å². The van der Waals surface area contributed by atoms with Crippen molar-refractivity contribution in [3.63, 3.8) is 0 Å². The fourth-order valence-corrected chi connectivity index (χ4v) is 4.37. The summed E-state index contributed by atoms with van der Waals surface area (Å²) in [6, 6.07) is 0. The molecule has 0 aromatic carbocycles. The Morgan fingerprint density at radius 3 is 1.49 bits per heavy atom. The molecule has 0 fully saturated rings. The average molecular weight is 498 g/mol. The molecule has 7 nitrogen and oxygen atoms in total. The maximum Gasteiger partial charge on any atom is 0.306 e. The van der Waals surface area contributed by atoms with Crippen molar-refractivity contribution in [3.05, 3.63) is 12.2 Å². The average Bonchev–Trinajstić information content (AvgIpc) is 2.82. The molecule has 204 valence electrons. The first kappa shape index (κ1) is 33.1. The highest BCUT2D eigenvalue weighted by Crippen LogP contribution is 2.21. The lowest BCUT2D eigenvalue weighted by Gasteiger charge is -2.41. The standard InChI is InChI=1S/C28H51NO6/c1-5-6-7-8-9-10-11-12-13-14-15-19-29(20-16-23(2)26(30)31,21-17-24(3)27(32)33)22-18-25(4)28(34)35/h5-6,23-25H,7-22H2,1-4H3,(H2-,30,31,32,33,34,35)/b6-5+. The van der Waals surface area contributed by atoms with Crippen LogP contribution in [-0.4, -0.2) is 58.8 Å². The predicted octanol–water partition coefficient (Wildman–Crippen LogP) is 4.89. The molecule has 0 aliphatic rings. The normalized spacial score (nSPS) is 16.0. The lowest BCUT2D eigenvalue weighted by Crippen LogP contribution is -2.52. The van der Waals surface area contributed by atoms with Gasteiger partial charge in [-0.3, -0.25) is 9.59 Å². The Bertz CT molecular complexity index is 573. The third kappa shape index (κ3) is 16.4. The maximum atomic E-state index is 11.4. The van der Waals surface area contributed by atoms with Crippen molar-refractivity contribution in [1.29, 1.82) is 0 Å². The molecule has 0 aliphatic carbocycles. The number of carbonyl (C=O) groups is 3. The van der Waals surface area contributed by atoms with Gasteiger partial charge in [0.1, 0.15) is 0 Å². The van der Waals surface area contributed by atoms with Crippen LogP contribution in [0, 0.1) is 17.8 Å². The summed E-state index contributed by atoms with van der Waals surface area (Å²) in [5, 5.41) is 30.0. The Hall–Kier alpha value is -1.89. The molecular formula is C28H51NO6. The van der Waals surface area contributed by atoms with Crippen LogP contribution in [0.2, 0.25) is 0 Å². The van der Waals surface area contributed by atoms with E-state index in [9.17, 15) is 29.7 Å². The van der Waals surface area contributed by atoms with Gasteiger partial charge in [-0.15, -0.1) is 0 Å². The molecule has 7 heteroatoms. The monoisotopic (exact) mass is 497 g/mol. The topological polar surface area (TPSA) is 115 Å². The molecule has 0 aromatic heterocycles. The minimum atomic E-state index is -1.08. The molecule has 2 N–H and O–H groups in total. The van der Waals surface area contributed by atoms with Gasteiger partial charge in [0, 0.05) is 31.1 Å². The van der Waals surface area contributed by atoms with Gasteiger partial charge in [-0.1, -0.05) is 65.0 Å². The zero-order valence-corrected chi connectivity index (χ0v) is 22.7.